The summed E-state index contributed by atoms with van der Waals surface area (Å²) in [6.45, 7) is 2.06. The van der Waals surface area contributed by atoms with Crippen molar-refractivity contribution in [1.29, 1.82) is 0 Å². The molecule has 0 radical (unpaired) electrons. The number of carbonyl (C=O) groups excluding carboxylic acids is 2. The van der Waals surface area contributed by atoms with Crippen LogP contribution in [0.1, 0.15) is 24.9 Å². The molecule has 0 saturated carbocycles. The van der Waals surface area contributed by atoms with Crippen LogP contribution in [0.4, 0.5) is 5.69 Å². The van der Waals surface area contributed by atoms with Crippen LogP contribution in [0.2, 0.25) is 5.02 Å². The van der Waals surface area contributed by atoms with Crippen LogP contribution in [0.5, 0.6) is 0 Å². The van der Waals surface area contributed by atoms with Gasteiger partial charge in [-0.15, -0.1) is 0 Å². The highest BCUT2D eigenvalue weighted by Crippen LogP contribution is 2.42. The number of carbonyl (C=O) groups is 2. The molecule has 0 spiro atoms. The van der Waals surface area contributed by atoms with Crippen LogP contribution >= 0.6 is 11.6 Å². The van der Waals surface area contributed by atoms with E-state index in [0.29, 0.717) is 11.6 Å². The van der Waals surface area contributed by atoms with Crippen molar-refractivity contribution in [2.45, 2.75) is 19.4 Å². The minimum atomic E-state index is -0.529. The number of halogens is 1. The fourth-order valence-corrected chi connectivity index (χ4v) is 3.26. The monoisotopic (exact) mass is 343 g/mol. The van der Waals surface area contributed by atoms with Gasteiger partial charge in [-0.1, -0.05) is 41.9 Å². The van der Waals surface area contributed by atoms with Crippen molar-refractivity contribution in [1.82, 2.24) is 0 Å². The Hall–Kier alpha value is -2.33. The third-order valence-electron chi connectivity index (χ3n) is 4.16. The second-order valence-electron chi connectivity index (χ2n) is 5.66. The molecule has 3 rings (SSSR count). The molecule has 2 aromatic rings. The van der Waals surface area contributed by atoms with E-state index in [-0.39, 0.29) is 18.3 Å². The van der Waals surface area contributed by atoms with E-state index < -0.39 is 12.0 Å². The molecule has 2 atom stereocenters. The van der Waals surface area contributed by atoms with Gasteiger partial charge in [-0.25, -0.2) is 0 Å². The maximum Gasteiger partial charge on any atom is 0.311 e. The number of amides is 1. The van der Waals surface area contributed by atoms with Crippen LogP contribution < -0.4 is 4.90 Å². The minimum absolute atomic E-state index is 0.0841. The van der Waals surface area contributed by atoms with Crippen LogP contribution in [-0.2, 0) is 14.3 Å². The summed E-state index contributed by atoms with van der Waals surface area (Å²) in [6, 6.07) is 16.2. The van der Waals surface area contributed by atoms with Crippen molar-refractivity contribution in [2.75, 3.05) is 11.5 Å². The topological polar surface area (TPSA) is 46.6 Å². The molecule has 1 saturated heterocycles. The number of esters is 1. The lowest BCUT2D eigenvalue weighted by atomic mass is 9.93. The first kappa shape index (κ1) is 16.5. The fraction of sp³-hybridized carbons (Fsp3) is 0.263. The summed E-state index contributed by atoms with van der Waals surface area (Å²) < 4.78 is 5.19. The van der Waals surface area contributed by atoms with Gasteiger partial charge in [0, 0.05) is 17.1 Å². The van der Waals surface area contributed by atoms with E-state index >= 15 is 0 Å². The Balaban J connectivity index is 2.04. The van der Waals surface area contributed by atoms with Gasteiger partial charge in [-0.05, 0) is 36.8 Å². The Labute approximate surface area is 146 Å². The smallest absolute Gasteiger partial charge is 0.311 e. The number of hydrogen-bond acceptors (Lipinski definition) is 3. The lowest BCUT2D eigenvalue weighted by molar-refractivity contribution is -0.148. The Bertz CT molecular complexity index is 730. The number of para-hydroxylation sites is 1. The van der Waals surface area contributed by atoms with Crippen LogP contribution in [0.25, 0.3) is 0 Å². The molecule has 1 fully saturated rings. The summed E-state index contributed by atoms with van der Waals surface area (Å²) in [6.07, 6.45) is 0.140. The van der Waals surface area contributed by atoms with Gasteiger partial charge in [0.05, 0.1) is 18.6 Å². The number of nitrogens with zero attached hydrogens (tertiary/aromatic N) is 1. The molecule has 0 unspecified atom stereocenters. The summed E-state index contributed by atoms with van der Waals surface area (Å²) in [5, 5.41) is 0.613. The molecule has 1 aliphatic heterocycles. The maximum absolute atomic E-state index is 12.6. The van der Waals surface area contributed by atoms with E-state index in [9.17, 15) is 9.59 Å². The van der Waals surface area contributed by atoms with Crippen LogP contribution in [0.3, 0.4) is 0 Å². The first-order valence-electron chi connectivity index (χ1n) is 7.91. The summed E-state index contributed by atoms with van der Waals surface area (Å²) >= 11 is 5.98. The van der Waals surface area contributed by atoms with E-state index in [1.165, 1.54) is 0 Å². The predicted octanol–water partition coefficient (Wildman–Crippen LogP) is 4.00. The van der Waals surface area contributed by atoms with Crippen molar-refractivity contribution < 1.29 is 14.3 Å². The second-order valence-corrected chi connectivity index (χ2v) is 6.09. The van der Waals surface area contributed by atoms with Crippen LogP contribution in [0, 0.1) is 5.92 Å². The number of rotatable bonds is 4. The zero-order valence-electron chi connectivity index (χ0n) is 13.3. The molecule has 1 amide bonds. The predicted molar refractivity (Wildman–Crippen MR) is 92.9 cm³/mol. The fourth-order valence-electron chi connectivity index (χ4n) is 3.13. The van der Waals surface area contributed by atoms with Gasteiger partial charge in [0.25, 0.3) is 0 Å². The Kier molecular flexibility index (Phi) is 4.86. The van der Waals surface area contributed by atoms with Crippen molar-refractivity contribution in [3.63, 3.8) is 0 Å². The summed E-state index contributed by atoms with van der Waals surface area (Å²) in [5.74, 6) is -0.956. The third-order valence-corrected chi connectivity index (χ3v) is 4.41. The van der Waals surface area contributed by atoms with Crippen LogP contribution in [-0.4, -0.2) is 18.5 Å². The van der Waals surface area contributed by atoms with Gasteiger partial charge in [0.2, 0.25) is 5.91 Å². The molecule has 124 valence electrons. The number of hydrogen-bond donors (Lipinski definition) is 0. The lowest BCUT2D eigenvalue weighted by Gasteiger charge is -2.28. The first-order chi connectivity index (χ1) is 11.6. The van der Waals surface area contributed by atoms with E-state index in [1.54, 1.807) is 24.0 Å². The first-order valence-corrected chi connectivity index (χ1v) is 8.29. The van der Waals surface area contributed by atoms with E-state index in [0.717, 1.165) is 11.3 Å². The van der Waals surface area contributed by atoms with Gasteiger partial charge < -0.3 is 9.64 Å². The molecule has 5 heteroatoms. The Morgan fingerprint density at radius 2 is 1.83 bits per heavy atom. The number of anilines is 1. The Morgan fingerprint density at radius 1 is 1.17 bits per heavy atom. The molecule has 0 bridgehead atoms. The molecule has 24 heavy (non-hydrogen) atoms. The molecule has 2 aromatic carbocycles. The van der Waals surface area contributed by atoms with Crippen molar-refractivity contribution in [3.05, 3.63) is 65.2 Å². The Morgan fingerprint density at radius 3 is 2.46 bits per heavy atom. The van der Waals surface area contributed by atoms with E-state index in [1.807, 2.05) is 42.5 Å². The second kappa shape index (κ2) is 7.05. The van der Waals surface area contributed by atoms with Gasteiger partial charge in [0.1, 0.15) is 0 Å². The summed E-state index contributed by atoms with van der Waals surface area (Å²) in [5.41, 5.74) is 1.64. The number of ether oxygens (including phenoxy) is 1. The quantitative estimate of drug-likeness (QED) is 0.788. The van der Waals surface area contributed by atoms with Gasteiger partial charge in [-0.2, -0.15) is 0 Å². The third kappa shape index (κ3) is 3.15. The summed E-state index contributed by atoms with van der Waals surface area (Å²) in [4.78, 5) is 26.7. The molecular formula is C19H18ClNO3. The van der Waals surface area contributed by atoms with Crippen molar-refractivity contribution in [3.8, 4) is 0 Å². The SMILES string of the molecule is CCOC(=O)[C@@H]1CC(=O)N(c2ccccc2)[C@@H]1c1ccc(Cl)cc1. The standard InChI is InChI=1S/C19H18ClNO3/c1-2-24-19(23)16-12-17(22)21(15-6-4-3-5-7-15)18(16)13-8-10-14(20)11-9-13/h3-11,16,18H,2,12H2,1H3/t16-,18-/m1/s1. The van der Waals surface area contributed by atoms with Crippen LogP contribution in [0.15, 0.2) is 54.6 Å². The average Bonchev–Trinajstić information content (AvgIpc) is 2.94. The highest BCUT2D eigenvalue weighted by atomic mass is 35.5. The highest BCUT2D eigenvalue weighted by Gasteiger charge is 2.46. The van der Waals surface area contributed by atoms with E-state index in [4.69, 9.17) is 16.3 Å². The largest absolute Gasteiger partial charge is 0.466 e. The van der Waals surface area contributed by atoms with Gasteiger partial charge in [0.15, 0.2) is 0 Å². The normalized spacial score (nSPS) is 20.2. The van der Waals surface area contributed by atoms with Crippen molar-refractivity contribution in [2.24, 2.45) is 5.92 Å². The molecule has 0 aliphatic carbocycles. The molecule has 1 heterocycles. The average molecular weight is 344 g/mol. The molecule has 1 aliphatic rings. The number of benzene rings is 2. The molecule has 4 nitrogen and oxygen atoms in total. The molecule has 0 N–H and O–H groups in total. The van der Waals surface area contributed by atoms with Gasteiger partial charge in [-0.3, -0.25) is 9.59 Å². The molecular weight excluding hydrogens is 326 g/mol. The van der Waals surface area contributed by atoms with Gasteiger partial charge >= 0.3 is 5.97 Å². The molecule has 0 aromatic heterocycles. The summed E-state index contributed by atoms with van der Waals surface area (Å²) in [7, 11) is 0. The zero-order chi connectivity index (χ0) is 17.1. The zero-order valence-corrected chi connectivity index (χ0v) is 14.1. The minimum Gasteiger partial charge on any atom is -0.466 e. The lowest BCUT2D eigenvalue weighted by Crippen LogP contribution is -2.31. The maximum atomic E-state index is 12.6. The van der Waals surface area contributed by atoms with E-state index in [2.05, 4.69) is 0 Å². The highest BCUT2D eigenvalue weighted by molar-refractivity contribution is 6.30. The van der Waals surface area contributed by atoms with Crippen molar-refractivity contribution >= 4 is 29.2 Å².